The lowest BCUT2D eigenvalue weighted by Crippen LogP contribution is -2.12. The number of halogens is 1. The molecular formula is C15H12ClNO4. The highest BCUT2D eigenvalue weighted by molar-refractivity contribution is 6.31. The smallest absolute Gasteiger partial charge is 0.307 e. The van der Waals surface area contributed by atoms with Crippen LogP contribution < -0.4 is 5.32 Å². The third-order valence-electron chi connectivity index (χ3n) is 2.74. The quantitative estimate of drug-likeness (QED) is 0.810. The Balaban J connectivity index is 2.17. The number of carboxylic acid groups (broad SMARTS) is 1. The molecule has 0 aliphatic rings. The number of phenolic OH excluding ortho intramolecular Hbond substituents is 1. The Morgan fingerprint density at radius 1 is 1.14 bits per heavy atom. The van der Waals surface area contributed by atoms with E-state index in [2.05, 4.69) is 5.32 Å². The number of hydrogen-bond donors (Lipinski definition) is 3. The van der Waals surface area contributed by atoms with Crippen molar-refractivity contribution in [3.8, 4) is 5.75 Å². The van der Waals surface area contributed by atoms with E-state index in [1.165, 1.54) is 18.2 Å². The summed E-state index contributed by atoms with van der Waals surface area (Å²) in [5.74, 6) is -1.67. The lowest BCUT2D eigenvalue weighted by molar-refractivity contribution is -0.136. The van der Waals surface area contributed by atoms with Crippen LogP contribution in [0.1, 0.15) is 15.9 Å². The van der Waals surface area contributed by atoms with Crippen molar-refractivity contribution in [1.29, 1.82) is 0 Å². The van der Waals surface area contributed by atoms with Crippen LogP contribution in [0.25, 0.3) is 0 Å². The highest BCUT2D eigenvalue weighted by Crippen LogP contribution is 2.23. The minimum atomic E-state index is -0.950. The molecule has 2 aromatic carbocycles. The Kier molecular flexibility index (Phi) is 4.45. The molecule has 21 heavy (non-hydrogen) atoms. The van der Waals surface area contributed by atoms with E-state index >= 15 is 0 Å². The first-order valence-corrected chi connectivity index (χ1v) is 6.44. The van der Waals surface area contributed by atoms with E-state index in [9.17, 15) is 14.7 Å². The van der Waals surface area contributed by atoms with Gasteiger partial charge >= 0.3 is 5.97 Å². The maximum absolute atomic E-state index is 12.0. The minimum Gasteiger partial charge on any atom is -0.507 e. The largest absolute Gasteiger partial charge is 0.507 e. The van der Waals surface area contributed by atoms with Crippen LogP contribution in [-0.2, 0) is 11.2 Å². The summed E-state index contributed by atoms with van der Waals surface area (Å²) in [4.78, 5) is 22.7. The predicted octanol–water partition coefficient (Wildman–Crippen LogP) is 2.93. The molecule has 5 nitrogen and oxygen atoms in total. The van der Waals surface area contributed by atoms with E-state index in [1.54, 1.807) is 24.3 Å². The monoisotopic (exact) mass is 305 g/mol. The van der Waals surface area contributed by atoms with Crippen molar-refractivity contribution < 1.29 is 19.8 Å². The average Bonchev–Trinajstić information content (AvgIpc) is 2.37. The Morgan fingerprint density at radius 3 is 2.57 bits per heavy atom. The summed E-state index contributed by atoms with van der Waals surface area (Å²) in [5.41, 5.74) is 1.11. The van der Waals surface area contributed by atoms with Gasteiger partial charge in [-0.05, 0) is 35.9 Å². The molecule has 0 aromatic heterocycles. The molecular weight excluding hydrogens is 294 g/mol. The minimum absolute atomic E-state index is 0.0861. The molecule has 2 rings (SSSR count). The third-order valence-corrected chi connectivity index (χ3v) is 2.98. The van der Waals surface area contributed by atoms with Crippen molar-refractivity contribution in [2.24, 2.45) is 0 Å². The fraction of sp³-hybridized carbons (Fsp3) is 0.0667. The van der Waals surface area contributed by atoms with Gasteiger partial charge in [-0.2, -0.15) is 0 Å². The summed E-state index contributed by atoms with van der Waals surface area (Å²) in [6.07, 6.45) is -0.129. The first kappa shape index (κ1) is 14.9. The Morgan fingerprint density at radius 2 is 1.90 bits per heavy atom. The highest BCUT2D eigenvalue weighted by Gasteiger charge is 2.12. The third kappa shape index (κ3) is 3.97. The molecule has 0 unspecified atom stereocenters. The van der Waals surface area contributed by atoms with Gasteiger partial charge in [0, 0.05) is 10.7 Å². The van der Waals surface area contributed by atoms with Gasteiger partial charge < -0.3 is 15.5 Å². The van der Waals surface area contributed by atoms with Crippen molar-refractivity contribution in [1.82, 2.24) is 0 Å². The molecule has 6 heteroatoms. The number of anilines is 1. The van der Waals surface area contributed by atoms with Gasteiger partial charge in [-0.25, -0.2) is 0 Å². The van der Waals surface area contributed by atoms with Gasteiger partial charge in [0.05, 0.1) is 12.0 Å². The summed E-state index contributed by atoms with van der Waals surface area (Å²) in [6.45, 7) is 0. The van der Waals surface area contributed by atoms with Crippen LogP contribution in [0, 0.1) is 0 Å². The van der Waals surface area contributed by atoms with Crippen LogP contribution >= 0.6 is 11.6 Å². The van der Waals surface area contributed by atoms with Gasteiger partial charge in [-0.15, -0.1) is 0 Å². The molecule has 2 aromatic rings. The number of rotatable bonds is 4. The van der Waals surface area contributed by atoms with Gasteiger partial charge in [-0.3, -0.25) is 9.59 Å². The number of aromatic hydroxyl groups is 1. The normalized spacial score (nSPS) is 10.1. The number of carbonyl (C=O) groups excluding carboxylic acids is 1. The number of aliphatic carboxylic acids is 1. The van der Waals surface area contributed by atoms with Gasteiger partial charge in [-0.1, -0.05) is 23.7 Å². The summed E-state index contributed by atoms with van der Waals surface area (Å²) in [7, 11) is 0. The number of amides is 1. The summed E-state index contributed by atoms with van der Waals surface area (Å²) >= 11 is 5.70. The number of hydrogen-bond acceptors (Lipinski definition) is 3. The molecule has 0 aliphatic carbocycles. The SMILES string of the molecule is O=C(O)Cc1cccc(NC(=O)c2ccc(Cl)cc2O)c1. The van der Waals surface area contributed by atoms with Crippen molar-refractivity contribution in [2.75, 3.05) is 5.32 Å². The van der Waals surface area contributed by atoms with Crippen molar-refractivity contribution in [3.63, 3.8) is 0 Å². The second-order valence-electron chi connectivity index (χ2n) is 4.39. The number of nitrogens with one attached hydrogen (secondary N) is 1. The van der Waals surface area contributed by atoms with Gasteiger partial charge in [0.1, 0.15) is 5.75 Å². The second kappa shape index (κ2) is 6.28. The molecule has 0 saturated carbocycles. The Hall–Kier alpha value is -2.53. The fourth-order valence-corrected chi connectivity index (χ4v) is 2.00. The molecule has 3 N–H and O–H groups in total. The summed E-state index contributed by atoms with van der Waals surface area (Å²) in [6, 6.07) is 10.7. The van der Waals surface area contributed by atoms with Crippen molar-refractivity contribution in [3.05, 3.63) is 58.6 Å². The summed E-state index contributed by atoms with van der Waals surface area (Å²) < 4.78 is 0. The lowest BCUT2D eigenvalue weighted by Gasteiger charge is -2.08. The van der Waals surface area contributed by atoms with Gasteiger partial charge in [0.25, 0.3) is 5.91 Å². The van der Waals surface area contributed by atoms with E-state index in [4.69, 9.17) is 16.7 Å². The van der Waals surface area contributed by atoms with E-state index in [0.29, 0.717) is 16.3 Å². The Labute approximate surface area is 125 Å². The van der Waals surface area contributed by atoms with Crippen LogP contribution in [0.15, 0.2) is 42.5 Å². The lowest BCUT2D eigenvalue weighted by atomic mass is 10.1. The first-order valence-electron chi connectivity index (χ1n) is 6.06. The van der Waals surface area contributed by atoms with Crippen LogP contribution in [0.3, 0.4) is 0 Å². The van der Waals surface area contributed by atoms with Crippen LogP contribution in [0.5, 0.6) is 5.75 Å². The molecule has 0 fully saturated rings. The fourth-order valence-electron chi connectivity index (χ4n) is 1.83. The first-order chi connectivity index (χ1) is 9.95. The maximum Gasteiger partial charge on any atom is 0.307 e. The zero-order chi connectivity index (χ0) is 15.4. The molecule has 0 saturated heterocycles. The van der Waals surface area contributed by atoms with E-state index in [0.717, 1.165) is 0 Å². The molecule has 0 spiro atoms. The predicted molar refractivity (Wildman–Crippen MR) is 78.9 cm³/mol. The van der Waals surface area contributed by atoms with Crippen LogP contribution in [-0.4, -0.2) is 22.1 Å². The van der Waals surface area contributed by atoms with E-state index in [1.807, 2.05) is 0 Å². The van der Waals surface area contributed by atoms with E-state index in [-0.39, 0.29) is 17.7 Å². The molecule has 1 amide bonds. The topological polar surface area (TPSA) is 86.6 Å². The molecule has 0 bridgehead atoms. The average molecular weight is 306 g/mol. The van der Waals surface area contributed by atoms with Crippen molar-refractivity contribution >= 4 is 29.2 Å². The van der Waals surface area contributed by atoms with Crippen LogP contribution in [0.4, 0.5) is 5.69 Å². The second-order valence-corrected chi connectivity index (χ2v) is 4.82. The number of phenols is 1. The number of benzene rings is 2. The highest BCUT2D eigenvalue weighted by atomic mass is 35.5. The van der Waals surface area contributed by atoms with Gasteiger partial charge in [0.2, 0.25) is 0 Å². The summed E-state index contributed by atoms with van der Waals surface area (Å²) in [5, 5.41) is 21.4. The van der Waals surface area contributed by atoms with Gasteiger partial charge in [0.15, 0.2) is 0 Å². The molecule has 0 heterocycles. The number of carboxylic acids is 1. The molecule has 108 valence electrons. The molecule has 0 aliphatic heterocycles. The Bertz CT molecular complexity index is 700. The number of carbonyl (C=O) groups is 2. The zero-order valence-electron chi connectivity index (χ0n) is 10.8. The van der Waals surface area contributed by atoms with E-state index < -0.39 is 11.9 Å². The molecule has 0 radical (unpaired) electrons. The standard InChI is InChI=1S/C15H12ClNO4/c16-10-4-5-12(13(18)8-10)15(21)17-11-3-1-2-9(6-11)7-14(19)20/h1-6,8,18H,7H2,(H,17,21)(H,19,20). The zero-order valence-corrected chi connectivity index (χ0v) is 11.6. The van der Waals surface area contributed by atoms with Crippen molar-refractivity contribution in [2.45, 2.75) is 6.42 Å². The molecule has 0 atom stereocenters. The maximum atomic E-state index is 12.0. The van der Waals surface area contributed by atoms with Crippen LogP contribution in [0.2, 0.25) is 5.02 Å².